The summed E-state index contributed by atoms with van der Waals surface area (Å²) >= 11 is 6.60. The molecule has 0 saturated carbocycles. The van der Waals surface area contributed by atoms with Gasteiger partial charge in [-0.2, -0.15) is 9.79 Å². The van der Waals surface area contributed by atoms with Crippen LogP contribution in [0.3, 0.4) is 0 Å². The number of amidine groups is 1. The number of carbonyl (C=O) groups is 1. The largest absolute Gasteiger partial charge is 0.502 e. The van der Waals surface area contributed by atoms with Crippen LogP contribution in [0.1, 0.15) is 18.1 Å². The van der Waals surface area contributed by atoms with Crippen LogP contribution in [0.5, 0.6) is 5.75 Å². The lowest BCUT2D eigenvalue weighted by Gasteiger charge is -2.29. The van der Waals surface area contributed by atoms with Gasteiger partial charge in [0.2, 0.25) is 0 Å². The molecule has 3 atom stereocenters. The molecule has 1 amide bonds. The number of dihydropyridines is 1. The molecule has 0 spiro atoms. The maximum absolute atomic E-state index is 10.7. The third kappa shape index (κ3) is 6.41. The molecule has 2 aromatic carbocycles. The SMILES string of the molecule is CC(NC1C=C(Cl)C(c2ccc(N3CCOCC3)cc2)=NC1N)Oc1ccc(/C(N)=[NH+]/C(=O)O)cc1. The molecule has 7 N–H and O–H groups in total. The van der Waals surface area contributed by atoms with Gasteiger partial charge in [0.15, 0.2) is 0 Å². The molecule has 1 saturated heterocycles. The number of ether oxygens (including phenoxy) is 2. The number of morpholine rings is 1. The van der Waals surface area contributed by atoms with Crippen molar-refractivity contribution in [3.8, 4) is 5.75 Å². The Morgan fingerprint density at radius 2 is 1.89 bits per heavy atom. The molecular formula is C25H30ClN6O4+. The number of rotatable bonds is 7. The Balaban J connectivity index is 1.36. The summed E-state index contributed by atoms with van der Waals surface area (Å²) in [7, 11) is 0. The Kier molecular flexibility index (Phi) is 8.21. The summed E-state index contributed by atoms with van der Waals surface area (Å²) in [6.45, 7) is 5.06. The molecule has 0 aromatic heterocycles. The van der Waals surface area contributed by atoms with E-state index in [1.54, 1.807) is 24.3 Å². The summed E-state index contributed by atoms with van der Waals surface area (Å²) in [5, 5.41) is 12.6. The molecule has 2 aliphatic heterocycles. The summed E-state index contributed by atoms with van der Waals surface area (Å²) in [6.07, 6.45) is -0.334. The smallest absolute Gasteiger partial charge is 0.476 e. The molecule has 36 heavy (non-hydrogen) atoms. The van der Waals surface area contributed by atoms with Gasteiger partial charge in [-0.1, -0.05) is 23.7 Å². The van der Waals surface area contributed by atoms with E-state index in [0.717, 1.165) is 37.6 Å². The first-order chi connectivity index (χ1) is 17.3. The number of hydrogen-bond acceptors (Lipinski definition) is 7. The molecule has 10 nitrogen and oxygen atoms in total. The maximum atomic E-state index is 10.7. The summed E-state index contributed by atoms with van der Waals surface area (Å²) in [4.78, 5) is 19.8. The molecule has 11 heteroatoms. The second-order valence-corrected chi connectivity index (χ2v) is 8.86. The lowest BCUT2D eigenvalue weighted by molar-refractivity contribution is -0.364. The number of allylic oxidation sites excluding steroid dienone is 1. The van der Waals surface area contributed by atoms with Gasteiger partial charge >= 0.3 is 6.09 Å². The van der Waals surface area contributed by atoms with Crippen molar-refractivity contribution >= 4 is 34.9 Å². The highest BCUT2D eigenvalue weighted by Gasteiger charge is 2.25. The van der Waals surface area contributed by atoms with E-state index in [0.29, 0.717) is 22.1 Å². The van der Waals surface area contributed by atoms with Crippen molar-refractivity contribution in [2.45, 2.75) is 25.4 Å². The van der Waals surface area contributed by atoms with Crippen LogP contribution in [-0.4, -0.2) is 67.5 Å². The number of benzene rings is 2. The van der Waals surface area contributed by atoms with Crippen molar-refractivity contribution in [2.24, 2.45) is 16.5 Å². The van der Waals surface area contributed by atoms with Crippen molar-refractivity contribution in [3.05, 3.63) is 70.8 Å². The first-order valence-electron chi connectivity index (χ1n) is 11.6. The summed E-state index contributed by atoms with van der Waals surface area (Å²) in [5.41, 5.74) is 15.3. The number of aliphatic imine (C=N–C) groups is 1. The zero-order valence-corrected chi connectivity index (χ0v) is 20.6. The van der Waals surface area contributed by atoms with Crippen LogP contribution in [0, 0.1) is 0 Å². The zero-order valence-electron chi connectivity index (χ0n) is 19.9. The number of halogens is 1. The fraction of sp³-hybridized carbons (Fsp3) is 0.320. The van der Waals surface area contributed by atoms with Crippen LogP contribution in [0.25, 0.3) is 0 Å². The zero-order chi connectivity index (χ0) is 25.7. The first kappa shape index (κ1) is 25.6. The number of carboxylic acid groups (broad SMARTS) is 1. The monoisotopic (exact) mass is 513 g/mol. The molecule has 0 bridgehead atoms. The standard InChI is InChI=1S/C25H29ClN6O4/c1-15(36-19-8-4-17(5-9-19)23(27)31-25(33)34)29-21-14-20(26)22(30-24(21)28)16-2-6-18(7-3-16)32-10-12-35-13-11-32/h2-9,14-15,21,24,29H,10-13,28H2,1H3,(H2,27,31)(H,33,34)/p+1. The number of nitrogens with zero attached hydrogens (tertiary/aromatic N) is 2. The fourth-order valence-electron chi connectivity index (χ4n) is 4.05. The molecule has 3 unspecified atom stereocenters. The number of nitrogens with two attached hydrogens (primary N) is 2. The van der Waals surface area contributed by atoms with Crippen molar-refractivity contribution in [1.82, 2.24) is 5.32 Å². The van der Waals surface area contributed by atoms with E-state index in [4.69, 9.17) is 37.6 Å². The van der Waals surface area contributed by atoms with E-state index in [1.807, 2.05) is 25.1 Å². The normalized spacial score (nSPS) is 21.4. The lowest BCUT2D eigenvalue weighted by atomic mass is 10.0. The van der Waals surface area contributed by atoms with Crippen molar-refractivity contribution < 1.29 is 24.4 Å². The van der Waals surface area contributed by atoms with E-state index < -0.39 is 18.5 Å². The Labute approximate surface area is 214 Å². The molecule has 1 fully saturated rings. The number of nitrogen functional groups attached to an aromatic ring is 1. The molecule has 0 radical (unpaired) electrons. The van der Waals surface area contributed by atoms with Crippen LogP contribution in [0.4, 0.5) is 10.5 Å². The van der Waals surface area contributed by atoms with E-state index in [2.05, 4.69) is 32.3 Å². The van der Waals surface area contributed by atoms with Gasteiger partial charge in [0.05, 0.1) is 35.6 Å². The molecule has 4 rings (SSSR count). The maximum Gasteiger partial charge on any atom is 0.502 e. The molecule has 2 aliphatic rings. The highest BCUT2D eigenvalue weighted by Crippen LogP contribution is 2.24. The van der Waals surface area contributed by atoms with Crippen LogP contribution < -0.4 is 31.4 Å². The minimum Gasteiger partial charge on any atom is -0.476 e. The van der Waals surface area contributed by atoms with Gasteiger partial charge in [-0.15, -0.1) is 0 Å². The number of anilines is 1. The third-order valence-electron chi connectivity index (χ3n) is 5.86. The minimum absolute atomic E-state index is 0.0394. The van der Waals surface area contributed by atoms with E-state index in [-0.39, 0.29) is 11.9 Å². The second-order valence-electron chi connectivity index (χ2n) is 8.45. The predicted octanol–water partition coefficient (Wildman–Crippen LogP) is 0.581. The van der Waals surface area contributed by atoms with Gasteiger partial charge in [-0.25, -0.2) is 0 Å². The Morgan fingerprint density at radius 3 is 2.53 bits per heavy atom. The number of nitrogens with one attached hydrogen (secondary N) is 2. The van der Waals surface area contributed by atoms with Crippen molar-refractivity contribution in [2.75, 3.05) is 31.2 Å². The van der Waals surface area contributed by atoms with Gasteiger partial charge in [0.25, 0.3) is 5.84 Å². The van der Waals surface area contributed by atoms with Crippen LogP contribution in [0.2, 0.25) is 0 Å². The highest BCUT2D eigenvalue weighted by atomic mass is 35.5. The van der Waals surface area contributed by atoms with Crippen LogP contribution >= 0.6 is 11.6 Å². The molecule has 2 heterocycles. The molecular weight excluding hydrogens is 484 g/mol. The number of amides is 1. The van der Waals surface area contributed by atoms with Gasteiger partial charge in [0, 0.05) is 24.3 Å². The average Bonchev–Trinajstić information content (AvgIpc) is 2.86. The second kappa shape index (κ2) is 11.5. The Morgan fingerprint density at radius 1 is 1.22 bits per heavy atom. The van der Waals surface area contributed by atoms with Gasteiger partial charge < -0.3 is 25.2 Å². The van der Waals surface area contributed by atoms with Crippen LogP contribution in [0.15, 0.2) is 64.6 Å². The van der Waals surface area contributed by atoms with E-state index in [1.165, 1.54) is 0 Å². The van der Waals surface area contributed by atoms with Crippen LogP contribution in [-0.2, 0) is 4.74 Å². The van der Waals surface area contributed by atoms with Gasteiger partial charge in [-0.05, 0) is 49.4 Å². The first-order valence-corrected chi connectivity index (χ1v) is 12.0. The molecule has 190 valence electrons. The van der Waals surface area contributed by atoms with E-state index >= 15 is 0 Å². The molecule has 0 aliphatic carbocycles. The Hall–Kier alpha value is -3.44. The predicted molar refractivity (Wildman–Crippen MR) is 139 cm³/mol. The topological polar surface area (TPSA) is 149 Å². The van der Waals surface area contributed by atoms with E-state index in [9.17, 15) is 4.79 Å². The van der Waals surface area contributed by atoms with Crippen molar-refractivity contribution in [1.29, 1.82) is 0 Å². The number of hydrogen-bond donors (Lipinski definition) is 5. The quantitative estimate of drug-likeness (QED) is 0.205. The summed E-state index contributed by atoms with van der Waals surface area (Å²) < 4.78 is 11.3. The Bertz CT molecular complexity index is 1160. The van der Waals surface area contributed by atoms with Gasteiger partial charge in [-0.3, -0.25) is 16.0 Å². The van der Waals surface area contributed by atoms with Crippen molar-refractivity contribution in [3.63, 3.8) is 0 Å². The summed E-state index contributed by atoms with van der Waals surface area (Å²) in [6, 6.07) is 14.5. The average molecular weight is 514 g/mol. The summed E-state index contributed by atoms with van der Waals surface area (Å²) in [5.74, 6) is 0.614. The highest BCUT2D eigenvalue weighted by molar-refractivity contribution is 6.46. The fourth-order valence-corrected chi connectivity index (χ4v) is 4.34. The lowest BCUT2D eigenvalue weighted by Crippen LogP contribution is -2.79. The van der Waals surface area contributed by atoms with Gasteiger partial charge in [0.1, 0.15) is 18.1 Å². The minimum atomic E-state index is -1.22. The third-order valence-corrected chi connectivity index (χ3v) is 6.17. The molecule has 2 aromatic rings.